The zero-order chi connectivity index (χ0) is 15.9. The van der Waals surface area contributed by atoms with E-state index in [1.54, 1.807) is 12.1 Å². The summed E-state index contributed by atoms with van der Waals surface area (Å²) in [6, 6.07) is 16.2. The largest absolute Gasteiger partial charge is 0.332 e. The molecule has 0 aliphatic heterocycles. The smallest absolute Gasteiger partial charge is 0.279 e. The summed E-state index contributed by atoms with van der Waals surface area (Å²) >= 11 is 0. The Balaban J connectivity index is 1.92. The number of quaternary nitrogens is 1. The average Bonchev–Trinajstić information content (AvgIpc) is 2.50. The fourth-order valence-corrected chi connectivity index (χ4v) is 2.45. The third-order valence-electron chi connectivity index (χ3n) is 3.59. The quantitative estimate of drug-likeness (QED) is 0.846. The van der Waals surface area contributed by atoms with Crippen LogP contribution < -0.4 is 10.6 Å². The molecule has 22 heavy (non-hydrogen) atoms. The number of hydrogen-bond donors (Lipinski definition) is 2. The van der Waals surface area contributed by atoms with E-state index in [9.17, 15) is 9.18 Å². The number of amides is 1. The number of halogens is 1. The van der Waals surface area contributed by atoms with Gasteiger partial charge in [0, 0.05) is 17.2 Å². The minimum atomic E-state index is -0.312. The molecule has 0 aliphatic rings. The Morgan fingerprint density at radius 1 is 1.09 bits per heavy atom. The topological polar surface area (TPSA) is 45.7 Å². The van der Waals surface area contributed by atoms with Crippen LogP contribution in [0.1, 0.15) is 25.5 Å². The van der Waals surface area contributed by atoms with Crippen LogP contribution >= 0.6 is 0 Å². The van der Waals surface area contributed by atoms with Gasteiger partial charge in [0.25, 0.3) is 5.91 Å². The van der Waals surface area contributed by atoms with Crippen LogP contribution in [0.2, 0.25) is 0 Å². The highest BCUT2D eigenvalue weighted by atomic mass is 19.1. The van der Waals surface area contributed by atoms with E-state index in [1.807, 2.05) is 23.5 Å². The Morgan fingerprint density at radius 3 is 2.32 bits per heavy atom. The highest BCUT2D eigenvalue weighted by molar-refractivity contribution is 5.91. The summed E-state index contributed by atoms with van der Waals surface area (Å²) in [7, 11) is 0. The lowest BCUT2D eigenvalue weighted by molar-refractivity contribution is -0.692. The van der Waals surface area contributed by atoms with Crippen LogP contribution in [0, 0.1) is 11.7 Å². The number of benzene rings is 2. The number of nitrogens with two attached hydrogens (primary N) is 1. The van der Waals surface area contributed by atoms with Crippen molar-refractivity contribution in [3.63, 3.8) is 0 Å². The first kappa shape index (κ1) is 16.2. The third kappa shape index (κ3) is 4.67. The van der Waals surface area contributed by atoms with Crippen molar-refractivity contribution in [1.29, 1.82) is 0 Å². The molecule has 116 valence electrons. The second-order valence-electron chi connectivity index (χ2n) is 5.68. The van der Waals surface area contributed by atoms with Gasteiger partial charge in [0.2, 0.25) is 0 Å². The molecular weight excluding hydrogens is 279 g/mol. The number of rotatable bonds is 6. The zero-order valence-corrected chi connectivity index (χ0v) is 12.9. The highest BCUT2D eigenvalue weighted by Crippen LogP contribution is 2.16. The van der Waals surface area contributed by atoms with E-state index in [0.717, 1.165) is 0 Å². The van der Waals surface area contributed by atoms with Gasteiger partial charge in [-0.2, -0.15) is 0 Å². The summed E-state index contributed by atoms with van der Waals surface area (Å²) in [4.78, 5) is 12.0. The van der Waals surface area contributed by atoms with E-state index in [-0.39, 0.29) is 17.8 Å². The van der Waals surface area contributed by atoms with Gasteiger partial charge in [-0.05, 0) is 24.3 Å². The van der Waals surface area contributed by atoms with Crippen molar-refractivity contribution in [2.24, 2.45) is 5.92 Å². The Labute approximate surface area is 130 Å². The molecule has 3 N–H and O–H groups in total. The molecule has 0 aliphatic carbocycles. The lowest BCUT2D eigenvalue weighted by Crippen LogP contribution is -2.88. The lowest BCUT2D eigenvalue weighted by Gasteiger charge is -2.19. The van der Waals surface area contributed by atoms with Crippen molar-refractivity contribution in [3.8, 4) is 0 Å². The van der Waals surface area contributed by atoms with Crippen molar-refractivity contribution >= 4 is 11.6 Å². The van der Waals surface area contributed by atoms with E-state index in [1.165, 1.54) is 17.7 Å². The normalized spacial score (nSPS) is 12.2. The van der Waals surface area contributed by atoms with Gasteiger partial charge in [-0.3, -0.25) is 4.79 Å². The molecule has 0 saturated heterocycles. The van der Waals surface area contributed by atoms with Gasteiger partial charge < -0.3 is 10.6 Å². The van der Waals surface area contributed by atoms with Gasteiger partial charge in [0.15, 0.2) is 6.54 Å². The number of nitrogens with one attached hydrogen (secondary N) is 1. The molecule has 1 amide bonds. The predicted molar refractivity (Wildman–Crippen MR) is 85.8 cm³/mol. The van der Waals surface area contributed by atoms with Crippen LogP contribution in [-0.4, -0.2) is 12.5 Å². The first-order chi connectivity index (χ1) is 10.6. The van der Waals surface area contributed by atoms with Gasteiger partial charge in [0.1, 0.15) is 11.9 Å². The number of hydrogen-bond acceptors (Lipinski definition) is 1. The van der Waals surface area contributed by atoms with Crippen LogP contribution in [-0.2, 0) is 4.79 Å². The second-order valence-corrected chi connectivity index (χ2v) is 5.68. The van der Waals surface area contributed by atoms with Gasteiger partial charge >= 0.3 is 0 Å². The van der Waals surface area contributed by atoms with Gasteiger partial charge in [0.05, 0.1) is 0 Å². The molecule has 0 saturated carbocycles. The molecule has 1 atom stereocenters. The maximum Gasteiger partial charge on any atom is 0.279 e. The van der Waals surface area contributed by atoms with Crippen LogP contribution in [0.15, 0.2) is 54.6 Å². The van der Waals surface area contributed by atoms with E-state index in [4.69, 9.17) is 0 Å². The molecule has 4 heteroatoms. The number of carbonyl (C=O) groups is 1. The highest BCUT2D eigenvalue weighted by Gasteiger charge is 2.20. The summed E-state index contributed by atoms with van der Waals surface area (Å²) in [5.41, 5.74) is 1.83. The first-order valence-corrected chi connectivity index (χ1v) is 7.50. The maximum atomic E-state index is 12.8. The third-order valence-corrected chi connectivity index (χ3v) is 3.59. The summed E-state index contributed by atoms with van der Waals surface area (Å²) in [5.74, 6) is 0.0164. The van der Waals surface area contributed by atoms with Crippen molar-refractivity contribution in [1.82, 2.24) is 0 Å². The van der Waals surface area contributed by atoms with Crippen molar-refractivity contribution in [2.75, 3.05) is 11.9 Å². The van der Waals surface area contributed by atoms with Crippen molar-refractivity contribution in [3.05, 3.63) is 66.0 Å². The van der Waals surface area contributed by atoms with Gasteiger partial charge in [-0.1, -0.05) is 44.2 Å². The second kappa shape index (κ2) is 7.71. The Bertz CT molecular complexity index is 596. The number of anilines is 1. The van der Waals surface area contributed by atoms with Gasteiger partial charge in [-0.15, -0.1) is 0 Å². The molecule has 0 spiro atoms. The Hall–Kier alpha value is -2.20. The van der Waals surface area contributed by atoms with Gasteiger partial charge in [-0.25, -0.2) is 4.39 Å². The molecule has 0 bridgehead atoms. The minimum absolute atomic E-state index is 0.0896. The summed E-state index contributed by atoms with van der Waals surface area (Å²) in [6.07, 6.45) is 0. The minimum Gasteiger partial charge on any atom is -0.332 e. The van der Waals surface area contributed by atoms with Crippen LogP contribution in [0.3, 0.4) is 0 Å². The lowest BCUT2D eigenvalue weighted by atomic mass is 9.96. The predicted octanol–water partition coefficient (Wildman–Crippen LogP) is 2.72. The van der Waals surface area contributed by atoms with E-state index in [2.05, 4.69) is 31.3 Å². The van der Waals surface area contributed by atoms with Crippen LogP contribution in [0.4, 0.5) is 10.1 Å². The average molecular weight is 301 g/mol. The Morgan fingerprint density at radius 2 is 1.73 bits per heavy atom. The summed E-state index contributed by atoms with van der Waals surface area (Å²) in [5, 5.41) is 4.82. The van der Waals surface area contributed by atoms with E-state index >= 15 is 0 Å². The molecule has 2 aromatic rings. The molecule has 0 heterocycles. The Kier molecular flexibility index (Phi) is 5.67. The molecule has 0 fully saturated rings. The van der Waals surface area contributed by atoms with Crippen molar-refractivity contribution in [2.45, 2.75) is 19.9 Å². The molecule has 2 rings (SSSR count). The molecule has 2 aromatic carbocycles. The monoisotopic (exact) mass is 301 g/mol. The standard InChI is InChI=1S/C18H21FN2O/c1-13(2)18(14-6-4-3-5-7-14)20-12-17(22)21-16-10-8-15(19)9-11-16/h3-11,13,18,20H,12H2,1-2H3,(H,21,22)/p+1/t18-/m0/s1. The van der Waals surface area contributed by atoms with Crippen LogP contribution in [0.5, 0.6) is 0 Å². The van der Waals surface area contributed by atoms with Crippen molar-refractivity contribution < 1.29 is 14.5 Å². The first-order valence-electron chi connectivity index (χ1n) is 7.50. The van der Waals surface area contributed by atoms with E-state index in [0.29, 0.717) is 18.2 Å². The molecular formula is C18H22FN2O+. The van der Waals surface area contributed by atoms with Crippen LogP contribution in [0.25, 0.3) is 0 Å². The maximum absolute atomic E-state index is 12.8. The fourth-order valence-electron chi connectivity index (χ4n) is 2.45. The number of carbonyl (C=O) groups excluding carboxylic acids is 1. The summed E-state index contributed by atoms with van der Waals surface area (Å²) < 4.78 is 12.8. The van der Waals surface area contributed by atoms with E-state index < -0.39 is 0 Å². The molecule has 0 unspecified atom stereocenters. The SMILES string of the molecule is CC(C)[C@H]([NH2+]CC(=O)Nc1ccc(F)cc1)c1ccccc1. The fraction of sp³-hybridized carbons (Fsp3) is 0.278. The molecule has 3 nitrogen and oxygen atoms in total. The molecule has 0 radical (unpaired) electrons. The zero-order valence-electron chi connectivity index (χ0n) is 12.9. The molecule has 0 aromatic heterocycles. The summed E-state index contributed by atoms with van der Waals surface area (Å²) in [6.45, 7) is 4.62.